The molecule has 2 aromatic rings. The first-order valence-electron chi connectivity index (χ1n) is 4.82. The number of aryl methyl sites for hydroxylation is 1. The maximum absolute atomic E-state index is 4.41. The SMILES string of the molecule is CNCc1nnc(-n2nc(C)c(Br)c2C)s1. The summed E-state index contributed by atoms with van der Waals surface area (Å²) in [4.78, 5) is 0. The monoisotopic (exact) mass is 301 g/mol. The fourth-order valence-electron chi connectivity index (χ4n) is 1.36. The molecule has 0 aliphatic rings. The first kappa shape index (κ1) is 11.7. The molecule has 1 N–H and O–H groups in total. The van der Waals surface area contributed by atoms with Crippen molar-refractivity contribution in [1.29, 1.82) is 0 Å². The van der Waals surface area contributed by atoms with Crippen molar-refractivity contribution in [3.8, 4) is 5.13 Å². The third kappa shape index (κ3) is 2.02. The molecule has 86 valence electrons. The molecule has 5 nitrogen and oxygen atoms in total. The third-order valence-corrected chi connectivity index (χ3v) is 4.21. The fourth-order valence-corrected chi connectivity index (χ4v) is 2.46. The van der Waals surface area contributed by atoms with E-state index in [1.807, 2.05) is 25.6 Å². The number of rotatable bonds is 3. The van der Waals surface area contributed by atoms with Crippen LogP contribution in [-0.2, 0) is 6.54 Å². The summed E-state index contributed by atoms with van der Waals surface area (Å²) < 4.78 is 2.84. The van der Waals surface area contributed by atoms with E-state index in [1.54, 1.807) is 11.3 Å². The summed E-state index contributed by atoms with van der Waals surface area (Å²) in [6, 6.07) is 0. The van der Waals surface area contributed by atoms with Crippen LogP contribution < -0.4 is 5.32 Å². The lowest BCUT2D eigenvalue weighted by Gasteiger charge is -1.96. The predicted molar refractivity (Wildman–Crippen MR) is 67.0 cm³/mol. The van der Waals surface area contributed by atoms with Crippen LogP contribution in [0.2, 0.25) is 0 Å². The van der Waals surface area contributed by atoms with Gasteiger partial charge in [0, 0.05) is 6.54 Å². The van der Waals surface area contributed by atoms with Crippen molar-refractivity contribution in [3.63, 3.8) is 0 Å². The Hall–Kier alpha value is -0.790. The molecule has 0 aliphatic heterocycles. The van der Waals surface area contributed by atoms with Gasteiger partial charge in [-0.05, 0) is 36.8 Å². The lowest BCUT2D eigenvalue weighted by Crippen LogP contribution is -2.04. The normalized spacial score (nSPS) is 11.0. The molecular formula is C9H12BrN5S. The van der Waals surface area contributed by atoms with Gasteiger partial charge in [0.15, 0.2) is 0 Å². The molecule has 0 amide bonds. The number of nitrogens with zero attached hydrogens (tertiary/aromatic N) is 4. The summed E-state index contributed by atoms with van der Waals surface area (Å²) in [5.41, 5.74) is 2.01. The summed E-state index contributed by atoms with van der Waals surface area (Å²) in [5.74, 6) is 0. The Balaban J connectivity index is 2.38. The van der Waals surface area contributed by atoms with E-state index in [9.17, 15) is 0 Å². The Kier molecular flexibility index (Phi) is 3.36. The van der Waals surface area contributed by atoms with Gasteiger partial charge in [0.05, 0.1) is 15.9 Å². The van der Waals surface area contributed by atoms with Gasteiger partial charge >= 0.3 is 0 Å². The molecule has 0 bridgehead atoms. The molecule has 0 radical (unpaired) electrons. The van der Waals surface area contributed by atoms with Crippen molar-refractivity contribution in [2.45, 2.75) is 20.4 Å². The van der Waals surface area contributed by atoms with Gasteiger partial charge in [0.25, 0.3) is 0 Å². The first-order valence-corrected chi connectivity index (χ1v) is 6.43. The minimum atomic E-state index is 0.734. The molecule has 0 spiro atoms. The van der Waals surface area contributed by atoms with Crippen LogP contribution in [0.3, 0.4) is 0 Å². The molecular weight excluding hydrogens is 290 g/mol. The van der Waals surface area contributed by atoms with Crippen molar-refractivity contribution < 1.29 is 0 Å². The third-order valence-electron chi connectivity index (χ3n) is 2.17. The Morgan fingerprint density at radius 1 is 1.38 bits per heavy atom. The van der Waals surface area contributed by atoms with E-state index in [0.29, 0.717) is 0 Å². The van der Waals surface area contributed by atoms with E-state index >= 15 is 0 Å². The van der Waals surface area contributed by atoms with Crippen molar-refractivity contribution in [2.24, 2.45) is 0 Å². The first-order chi connectivity index (χ1) is 7.63. The van der Waals surface area contributed by atoms with Gasteiger partial charge < -0.3 is 5.32 Å². The summed E-state index contributed by atoms with van der Waals surface area (Å²) >= 11 is 5.04. The van der Waals surface area contributed by atoms with Gasteiger partial charge in [-0.15, -0.1) is 10.2 Å². The Labute approximate surface area is 106 Å². The molecule has 0 aliphatic carbocycles. The molecule has 2 rings (SSSR count). The lowest BCUT2D eigenvalue weighted by atomic mass is 10.4. The maximum Gasteiger partial charge on any atom is 0.233 e. The number of hydrogen-bond acceptors (Lipinski definition) is 5. The Bertz CT molecular complexity index is 504. The van der Waals surface area contributed by atoms with E-state index in [2.05, 4.69) is 36.5 Å². The van der Waals surface area contributed by atoms with Gasteiger partial charge in [-0.3, -0.25) is 0 Å². The summed E-state index contributed by atoms with van der Waals surface area (Å²) in [5, 5.41) is 17.4. The molecule has 0 aromatic carbocycles. The number of halogens is 1. The molecule has 0 fully saturated rings. The van der Waals surface area contributed by atoms with Crippen LogP contribution in [0, 0.1) is 13.8 Å². The highest BCUT2D eigenvalue weighted by atomic mass is 79.9. The highest BCUT2D eigenvalue weighted by molar-refractivity contribution is 9.10. The van der Waals surface area contributed by atoms with Crippen LogP contribution in [0.25, 0.3) is 5.13 Å². The molecule has 2 aromatic heterocycles. The average Bonchev–Trinajstić information content (AvgIpc) is 2.80. The zero-order chi connectivity index (χ0) is 11.7. The zero-order valence-electron chi connectivity index (χ0n) is 9.28. The molecule has 7 heteroatoms. The molecule has 0 atom stereocenters. The fraction of sp³-hybridized carbons (Fsp3) is 0.444. The minimum Gasteiger partial charge on any atom is -0.313 e. The second kappa shape index (κ2) is 4.60. The summed E-state index contributed by atoms with van der Waals surface area (Å²) in [6.45, 7) is 4.70. The van der Waals surface area contributed by atoms with E-state index in [1.165, 1.54) is 0 Å². The van der Waals surface area contributed by atoms with Crippen LogP contribution in [-0.4, -0.2) is 27.0 Å². The Morgan fingerprint density at radius 3 is 2.69 bits per heavy atom. The summed E-state index contributed by atoms with van der Waals surface area (Å²) in [6.07, 6.45) is 0. The standard InChI is InChI=1S/C9H12BrN5S/c1-5-8(10)6(2)15(14-5)9-13-12-7(16-9)4-11-3/h11H,4H2,1-3H3. The topological polar surface area (TPSA) is 55.6 Å². The van der Waals surface area contributed by atoms with Crippen LogP contribution in [0.15, 0.2) is 4.47 Å². The van der Waals surface area contributed by atoms with Gasteiger partial charge in [-0.25, -0.2) is 4.68 Å². The van der Waals surface area contributed by atoms with E-state index in [-0.39, 0.29) is 0 Å². The number of hydrogen-bond donors (Lipinski definition) is 1. The van der Waals surface area contributed by atoms with Crippen LogP contribution in [0.5, 0.6) is 0 Å². The second-order valence-electron chi connectivity index (χ2n) is 3.41. The van der Waals surface area contributed by atoms with E-state index in [4.69, 9.17) is 0 Å². The van der Waals surface area contributed by atoms with Gasteiger partial charge in [0.2, 0.25) is 5.13 Å². The van der Waals surface area contributed by atoms with Crippen LogP contribution in [0.1, 0.15) is 16.4 Å². The lowest BCUT2D eigenvalue weighted by molar-refractivity contribution is 0.777. The summed E-state index contributed by atoms with van der Waals surface area (Å²) in [7, 11) is 1.89. The average molecular weight is 302 g/mol. The molecule has 0 saturated carbocycles. The Morgan fingerprint density at radius 2 is 2.12 bits per heavy atom. The predicted octanol–water partition coefficient (Wildman–Crippen LogP) is 1.82. The molecule has 0 unspecified atom stereocenters. The van der Waals surface area contributed by atoms with Crippen LogP contribution in [0.4, 0.5) is 0 Å². The van der Waals surface area contributed by atoms with Crippen molar-refractivity contribution in [3.05, 3.63) is 20.9 Å². The van der Waals surface area contributed by atoms with Gasteiger partial charge in [0.1, 0.15) is 5.01 Å². The highest BCUT2D eigenvalue weighted by Gasteiger charge is 2.13. The largest absolute Gasteiger partial charge is 0.313 e. The maximum atomic E-state index is 4.41. The van der Waals surface area contributed by atoms with Crippen LogP contribution >= 0.6 is 27.3 Å². The molecule has 2 heterocycles. The van der Waals surface area contributed by atoms with E-state index < -0.39 is 0 Å². The zero-order valence-corrected chi connectivity index (χ0v) is 11.7. The van der Waals surface area contributed by atoms with Crippen molar-refractivity contribution >= 4 is 27.3 Å². The smallest absolute Gasteiger partial charge is 0.233 e. The number of nitrogens with one attached hydrogen (secondary N) is 1. The highest BCUT2D eigenvalue weighted by Crippen LogP contribution is 2.24. The number of aromatic nitrogens is 4. The quantitative estimate of drug-likeness (QED) is 0.939. The van der Waals surface area contributed by atoms with Crippen molar-refractivity contribution in [1.82, 2.24) is 25.3 Å². The second-order valence-corrected chi connectivity index (χ2v) is 5.24. The molecule has 0 saturated heterocycles. The van der Waals surface area contributed by atoms with Gasteiger partial charge in [-0.2, -0.15) is 5.10 Å². The molecule has 16 heavy (non-hydrogen) atoms. The van der Waals surface area contributed by atoms with Gasteiger partial charge in [-0.1, -0.05) is 11.3 Å². The van der Waals surface area contributed by atoms with Crippen molar-refractivity contribution in [2.75, 3.05) is 7.05 Å². The minimum absolute atomic E-state index is 0.734. The van der Waals surface area contributed by atoms with E-state index in [0.717, 1.165) is 32.5 Å².